The summed E-state index contributed by atoms with van der Waals surface area (Å²) in [6.45, 7) is 4.97. The van der Waals surface area contributed by atoms with Crippen molar-refractivity contribution in [3.05, 3.63) is 11.8 Å². The van der Waals surface area contributed by atoms with E-state index in [1.165, 1.54) is 10.9 Å². The second-order valence-electron chi connectivity index (χ2n) is 4.21. The van der Waals surface area contributed by atoms with Gasteiger partial charge in [0.15, 0.2) is 0 Å². The van der Waals surface area contributed by atoms with Crippen molar-refractivity contribution < 1.29 is 9.53 Å². The highest BCUT2D eigenvalue weighted by Gasteiger charge is 2.17. The van der Waals surface area contributed by atoms with Crippen molar-refractivity contribution in [3.63, 3.8) is 0 Å². The summed E-state index contributed by atoms with van der Waals surface area (Å²) in [6, 6.07) is 0. The normalized spacial score (nSPS) is 10.9. The van der Waals surface area contributed by atoms with Crippen LogP contribution in [0, 0.1) is 0 Å². The van der Waals surface area contributed by atoms with Gasteiger partial charge in [-0.05, 0) is 13.8 Å². The van der Waals surface area contributed by atoms with Crippen molar-refractivity contribution in [2.45, 2.75) is 20.0 Å². The van der Waals surface area contributed by atoms with E-state index in [2.05, 4.69) is 5.10 Å². The Bertz CT molecular complexity index is 387. The minimum absolute atomic E-state index is 0.136. The monoisotopic (exact) mass is 240 g/mol. The van der Waals surface area contributed by atoms with Crippen LogP contribution in [0.3, 0.4) is 0 Å². The number of ether oxygens (including phenoxy) is 1. The number of likely N-dealkylation sites (N-methyl/N-ethyl adjacent to an activating group) is 1. The highest BCUT2D eigenvalue weighted by molar-refractivity contribution is 5.98. The number of nitrogens with zero attached hydrogens (tertiary/aromatic N) is 3. The van der Waals surface area contributed by atoms with Gasteiger partial charge in [0.1, 0.15) is 11.4 Å². The Labute approximate surface area is 101 Å². The number of anilines is 1. The van der Waals surface area contributed by atoms with Crippen molar-refractivity contribution in [2.24, 2.45) is 7.05 Å². The van der Waals surface area contributed by atoms with Crippen LogP contribution in [0.25, 0.3) is 0 Å². The van der Waals surface area contributed by atoms with Crippen LogP contribution in [0.4, 0.5) is 5.82 Å². The highest BCUT2D eigenvalue weighted by atomic mass is 16.5. The summed E-state index contributed by atoms with van der Waals surface area (Å²) in [6.07, 6.45) is 1.65. The van der Waals surface area contributed by atoms with Gasteiger partial charge >= 0.3 is 0 Å². The number of amides is 1. The topological polar surface area (TPSA) is 73.4 Å². The molecule has 1 amide bonds. The fraction of sp³-hybridized carbons (Fsp3) is 0.636. The third-order valence-corrected chi connectivity index (χ3v) is 2.44. The molecule has 0 radical (unpaired) electrons. The van der Waals surface area contributed by atoms with Gasteiger partial charge in [-0.3, -0.25) is 9.48 Å². The van der Waals surface area contributed by atoms with E-state index in [4.69, 9.17) is 10.5 Å². The first-order valence-corrected chi connectivity index (χ1v) is 5.58. The summed E-state index contributed by atoms with van der Waals surface area (Å²) in [5, 5.41) is 3.94. The molecule has 1 heterocycles. The average molecular weight is 240 g/mol. The molecule has 0 bridgehead atoms. The zero-order valence-corrected chi connectivity index (χ0v) is 10.8. The Morgan fingerprint density at radius 3 is 2.76 bits per heavy atom. The second kappa shape index (κ2) is 5.67. The van der Waals surface area contributed by atoms with Crippen LogP contribution in [-0.2, 0) is 11.8 Å². The molecule has 0 aliphatic carbocycles. The summed E-state index contributed by atoms with van der Waals surface area (Å²) in [7, 11) is 3.42. The maximum absolute atomic E-state index is 12.0. The number of hydrogen-bond donors (Lipinski definition) is 1. The fourth-order valence-electron chi connectivity index (χ4n) is 1.34. The Morgan fingerprint density at radius 2 is 2.29 bits per heavy atom. The van der Waals surface area contributed by atoms with Gasteiger partial charge in [-0.15, -0.1) is 0 Å². The summed E-state index contributed by atoms with van der Waals surface area (Å²) in [5.41, 5.74) is 6.17. The van der Waals surface area contributed by atoms with E-state index in [0.717, 1.165) is 0 Å². The molecule has 0 saturated heterocycles. The van der Waals surface area contributed by atoms with Crippen LogP contribution < -0.4 is 5.73 Å². The number of nitrogens with two attached hydrogens (primary N) is 1. The summed E-state index contributed by atoms with van der Waals surface area (Å²) >= 11 is 0. The molecule has 96 valence electrons. The van der Waals surface area contributed by atoms with Gasteiger partial charge in [0, 0.05) is 20.6 Å². The van der Waals surface area contributed by atoms with Crippen LogP contribution in [0.2, 0.25) is 0 Å². The summed E-state index contributed by atoms with van der Waals surface area (Å²) in [5.74, 6) is 0.245. The number of rotatable bonds is 5. The lowest BCUT2D eigenvalue weighted by Gasteiger charge is -2.17. The number of carbonyl (C=O) groups excluding carboxylic acids is 1. The molecule has 1 aromatic rings. The number of hydrogen-bond acceptors (Lipinski definition) is 4. The first-order valence-electron chi connectivity index (χ1n) is 5.58. The third kappa shape index (κ3) is 3.45. The highest BCUT2D eigenvalue weighted by Crippen LogP contribution is 2.11. The maximum Gasteiger partial charge on any atom is 0.259 e. The number of nitrogen functional groups attached to an aromatic ring is 1. The predicted octanol–water partition coefficient (Wildman–Crippen LogP) is 0.499. The molecule has 0 saturated carbocycles. The molecule has 6 nitrogen and oxygen atoms in total. The molecule has 0 spiro atoms. The first kappa shape index (κ1) is 13.5. The fourth-order valence-corrected chi connectivity index (χ4v) is 1.34. The van der Waals surface area contributed by atoms with E-state index in [1.807, 2.05) is 13.8 Å². The van der Waals surface area contributed by atoms with Gasteiger partial charge < -0.3 is 15.4 Å². The standard InChI is InChI=1S/C11H20N4O2/c1-8(2)17-6-5-14(3)11(16)9-7-13-15(4)10(9)12/h7-8H,5-6,12H2,1-4H3. The minimum atomic E-state index is -0.136. The van der Waals surface area contributed by atoms with E-state index < -0.39 is 0 Å². The molecule has 1 rings (SSSR count). The number of aromatic nitrogens is 2. The molecule has 0 aliphatic heterocycles. The Morgan fingerprint density at radius 1 is 1.65 bits per heavy atom. The molecular weight excluding hydrogens is 220 g/mol. The van der Waals surface area contributed by atoms with Crippen LogP contribution in [-0.4, -0.2) is 46.9 Å². The first-order chi connectivity index (χ1) is 7.93. The van der Waals surface area contributed by atoms with Crippen LogP contribution in [0.1, 0.15) is 24.2 Å². The van der Waals surface area contributed by atoms with E-state index in [-0.39, 0.29) is 12.0 Å². The van der Waals surface area contributed by atoms with Gasteiger partial charge in [0.2, 0.25) is 0 Å². The van der Waals surface area contributed by atoms with Crippen molar-refractivity contribution in [2.75, 3.05) is 25.9 Å². The molecule has 2 N–H and O–H groups in total. The summed E-state index contributed by atoms with van der Waals surface area (Å²) in [4.78, 5) is 13.6. The predicted molar refractivity (Wildman–Crippen MR) is 65.7 cm³/mol. The Kier molecular flexibility index (Phi) is 4.51. The lowest BCUT2D eigenvalue weighted by atomic mass is 10.3. The van der Waals surface area contributed by atoms with E-state index in [9.17, 15) is 4.79 Å². The van der Waals surface area contributed by atoms with Crippen LogP contribution in [0.5, 0.6) is 0 Å². The molecule has 0 aromatic carbocycles. The minimum Gasteiger partial charge on any atom is -0.383 e. The SMILES string of the molecule is CC(C)OCCN(C)C(=O)c1cnn(C)c1N. The Balaban J connectivity index is 2.55. The quantitative estimate of drug-likeness (QED) is 0.813. The van der Waals surface area contributed by atoms with E-state index in [1.54, 1.807) is 19.0 Å². The van der Waals surface area contributed by atoms with Crippen molar-refractivity contribution in [1.29, 1.82) is 0 Å². The van der Waals surface area contributed by atoms with Crippen LogP contribution >= 0.6 is 0 Å². The number of carbonyl (C=O) groups is 1. The van der Waals surface area contributed by atoms with Gasteiger partial charge in [0.05, 0.1) is 18.9 Å². The number of aryl methyl sites for hydroxylation is 1. The molecule has 17 heavy (non-hydrogen) atoms. The van der Waals surface area contributed by atoms with Crippen molar-refractivity contribution >= 4 is 11.7 Å². The Hall–Kier alpha value is -1.56. The van der Waals surface area contributed by atoms with Gasteiger partial charge in [-0.1, -0.05) is 0 Å². The lowest BCUT2D eigenvalue weighted by molar-refractivity contribution is 0.0532. The van der Waals surface area contributed by atoms with Crippen LogP contribution in [0.15, 0.2) is 6.20 Å². The zero-order valence-electron chi connectivity index (χ0n) is 10.8. The molecule has 1 aromatic heterocycles. The molecule has 0 aliphatic rings. The van der Waals surface area contributed by atoms with Crippen molar-refractivity contribution in [3.8, 4) is 0 Å². The molecule has 0 fully saturated rings. The molecule has 0 unspecified atom stereocenters. The molecule has 0 atom stereocenters. The molecule has 6 heteroatoms. The molecular formula is C11H20N4O2. The second-order valence-corrected chi connectivity index (χ2v) is 4.21. The maximum atomic E-state index is 12.0. The van der Waals surface area contributed by atoms with E-state index in [0.29, 0.717) is 24.5 Å². The van der Waals surface area contributed by atoms with Gasteiger partial charge in [0.25, 0.3) is 5.91 Å². The summed E-state index contributed by atoms with van der Waals surface area (Å²) < 4.78 is 6.87. The largest absolute Gasteiger partial charge is 0.383 e. The average Bonchev–Trinajstić information content (AvgIpc) is 2.58. The zero-order chi connectivity index (χ0) is 13.0. The van der Waals surface area contributed by atoms with Gasteiger partial charge in [-0.2, -0.15) is 5.10 Å². The van der Waals surface area contributed by atoms with E-state index >= 15 is 0 Å². The van der Waals surface area contributed by atoms with Crippen molar-refractivity contribution in [1.82, 2.24) is 14.7 Å². The third-order valence-electron chi connectivity index (χ3n) is 2.44. The smallest absolute Gasteiger partial charge is 0.259 e. The lowest BCUT2D eigenvalue weighted by Crippen LogP contribution is -2.31. The van der Waals surface area contributed by atoms with Gasteiger partial charge in [-0.25, -0.2) is 0 Å².